The maximum absolute atomic E-state index is 12.5. The van der Waals surface area contributed by atoms with E-state index < -0.39 is 0 Å². The molecule has 2 aromatic rings. The molecule has 1 aromatic carbocycles. The molecule has 0 spiro atoms. The number of aromatic nitrogens is 2. The van der Waals surface area contributed by atoms with Gasteiger partial charge in [-0.05, 0) is 31.9 Å². The second kappa shape index (κ2) is 7.05. The van der Waals surface area contributed by atoms with Crippen molar-refractivity contribution in [1.82, 2.24) is 14.5 Å². The molecule has 0 radical (unpaired) electrons. The number of aliphatic hydroxyl groups excluding tert-OH is 1. The Balaban J connectivity index is 1.70. The summed E-state index contributed by atoms with van der Waals surface area (Å²) in [6, 6.07) is 7.57. The quantitative estimate of drug-likeness (QED) is 0.910. The number of benzene rings is 1. The van der Waals surface area contributed by atoms with Gasteiger partial charge in [-0.25, -0.2) is 9.78 Å². The molecule has 1 saturated heterocycles. The Hall–Kier alpha value is -2.34. The molecule has 6 heteroatoms. The molecule has 2 heterocycles. The van der Waals surface area contributed by atoms with E-state index in [4.69, 9.17) is 0 Å². The van der Waals surface area contributed by atoms with Crippen LogP contribution in [-0.4, -0.2) is 44.8 Å². The van der Waals surface area contributed by atoms with Crippen LogP contribution in [0.25, 0.3) is 11.4 Å². The SMILES string of the molecule is CC(O)C1CCCN(C(=O)Nc2cccc(-c3nccn3C)c2)C1. The number of piperidine rings is 1. The molecule has 2 unspecified atom stereocenters. The maximum atomic E-state index is 12.5. The number of likely N-dealkylation sites (tertiary alicyclic amines) is 1. The third-order valence-electron chi connectivity index (χ3n) is 4.62. The van der Waals surface area contributed by atoms with Gasteiger partial charge >= 0.3 is 6.03 Å². The highest BCUT2D eigenvalue weighted by Crippen LogP contribution is 2.23. The van der Waals surface area contributed by atoms with Gasteiger partial charge in [-0.1, -0.05) is 12.1 Å². The molecule has 128 valence electrons. The van der Waals surface area contributed by atoms with Gasteiger partial charge in [0, 0.05) is 49.7 Å². The van der Waals surface area contributed by atoms with E-state index in [-0.39, 0.29) is 18.1 Å². The summed E-state index contributed by atoms with van der Waals surface area (Å²) in [5.74, 6) is 1.02. The molecule has 0 aliphatic carbocycles. The predicted molar refractivity (Wildman–Crippen MR) is 93.6 cm³/mol. The van der Waals surface area contributed by atoms with Crippen LogP contribution in [0.3, 0.4) is 0 Å². The fourth-order valence-electron chi connectivity index (χ4n) is 3.17. The second-order valence-electron chi connectivity index (χ2n) is 6.46. The summed E-state index contributed by atoms with van der Waals surface area (Å²) in [4.78, 5) is 18.6. The first-order chi connectivity index (χ1) is 11.5. The smallest absolute Gasteiger partial charge is 0.321 e. The minimum absolute atomic E-state index is 0.114. The number of aryl methyl sites for hydroxylation is 1. The average Bonchev–Trinajstić information content (AvgIpc) is 3.01. The van der Waals surface area contributed by atoms with Crippen LogP contribution < -0.4 is 5.32 Å². The van der Waals surface area contributed by atoms with Crippen molar-refractivity contribution in [2.75, 3.05) is 18.4 Å². The molecule has 6 nitrogen and oxygen atoms in total. The van der Waals surface area contributed by atoms with E-state index >= 15 is 0 Å². The number of hydrogen-bond acceptors (Lipinski definition) is 3. The molecule has 0 saturated carbocycles. The molecule has 2 amide bonds. The van der Waals surface area contributed by atoms with E-state index in [0.29, 0.717) is 6.54 Å². The third-order valence-corrected chi connectivity index (χ3v) is 4.62. The molecule has 0 bridgehead atoms. The highest BCUT2D eigenvalue weighted by atomic mass is 16.3. The van der Waals surface area contributed by atoms with E-state index in [1.807, 2.05) is 42.1 Å². The van der Waals surface area contributed by atoms with Crippen molar-refractivity contribution in [3.05, 3.63) is 36.7 Å². The zero-order chi connectivity index (χ0) is 17.1. The number of nitrogens with zero attached hydrogens (tertiary/aromatic N) is 3. The van der Waals surface area contributed by atoms with Crippen molar-refractivity contribution in [2.45, 2.75) is 25.9 Å². The summed E-state index contributed by atoms with van der Waals surface area (Å²) in [5, 5.41) is 12.7. The first-order valence-electron chi connectivity index (χ1n) is 8.36. The highest BCUT2D eigenvalue weighted by Gasteiger charge is 2.26. The van der Waals surface area contributed by atoms with Gasteiger partial charge in [-0.2, -0.15) is 0 Å². The predicted octanol–water partition coefficient (Wildman–Crippen LogP) is 2.71. The Morgan fingerprint density at radius 3 is 3.00 bits per heavy atom. The number of anilines is 1. The Bertz CT molecular complexity index is 711. The van der Waals surface area contributed by atoms with Gasteiger partial charge in [-0.15, -0.1) is 0 Å². The lowest BCUT2D eigenvalue weighted by atomic mass is 9.94. The number of hydrogen-bond donors (Lipinski definition) is 2. The van der Waals surface area contributed by atoms with Gasteiger partial charge in [0.1, 0.15) is 5.82 Å². The summed E-state index contributed by atoms with van der Waals surface area (Å²) in [6.45, 7) is 3.12. The first kappa shape index (κ1) is 16.5. The first-order valence-corrected chi connectivity index (χ1v) is 8.36. The molecule has 3 rings (SSSR count). The summed E-state index contributed by atoms with van der Waals surface area (Å²) in [7, 11) is 1.94. The largest absolute Gasteiger partial charge is 0.393 e. The number of amides is 2. The topological polar surface area (TPSA) is 70.4 Å². The summed E-state index contributed by atoms with van der Waals surface area (Å²) in [5.41, 5.74) is 1.71. The van der Waals surface area contributed by atoms with Crippen LogP contribution in [0.5, 0.6) is 0 Å². The van der Waals surface area contributed by atoms with Crippen molar-refractivity contribution in [2.24, 2.45) is 13.0 Å². The molecule has 2 N–H and O–H groups in total. The van der Waals surface area contributed by atoms with Crippen LogP contribution in [0, 0.1) is 5.92 Å². The maximum Gasteiger partial charge on any atom is 0.321 e. The second-order valence-corrected chi connectivity index (χ2v) is 6.46. The van der Waals surface area contributed by atoms with Crippen LogP contribution in [-0.2, 0) is 7.05 Å². The van der Waals surface area contributed by atoms with Gasteiger partial charge in [0.05, 0.1) is 6.10 Å². The molecule has 1 aliphatic heterocycles. The number of rotatable bonds is 3. The van der Waals surface area contributed by atoms with Gasteiger partial charge < -0.3 is 19.9 Å². The van der Waals surface area contributed by atoms with Gasteiger partial charge in [0.15, 0.2) is 0 Å². The Kier molecular flexibility index (Phi) is 4.85. The molecule has 1 aliphatic rings. The number of imidazole rings is 1. The van der Waals surface area contributed by atoms with Crippen LogP contribution in [0.15, 0.2) is 36.7 Å². The lowest BCUT2D eigenvalue weighted by Gasteiger charge is -2.34. The van der Waals surface area contributed by atoms with E-state index in [2.05, 4.69) is 10.3 Å². The number of aliphatic hydroxyl groups is 1. The van der Waals surface area contributed by atoms with Gasteiger partial charge in [0.2, 0.25) is 0 Å². The molecular weight excluding hydrogens is 304 g/mol. The number of carbonyl (C=O) groups is 1. The fraction of sp³-hybridized carbons (Fsp3) is 0.444. The van der Waals surface area contributed by atoms with Crippen LogP contribution in [0.1, 0.15) is 19.8 Å². The Labute approximate surface area is 142 Å². The van der Waals surface area contributed by atoms with E-state index in [1.54, 1.807) is 18.0 Å². The molecule has 2 atom stereocenters. The van der Waals surface area contributed by atoms with Crippen molar-refractivity contribution >= 4 is 11.7 Å². The Morgan fingerprint density at radius 1 is 1.46 bits per heavy atom. The molecular formula is C18H24N4O2. The summed E-state index contributed by atoms with van der Waals surface area (Å²) >= 11 is 0. The Morgan fingerprint density at radius 2 is 2.29 bits per heavy atom. The van der Waals surface area contributed by atoms with Crippen LogP contribution in [0.2, 0.25) is 0 Å². The van der Waals surface area contributed by atoms with Crippen LogP contribution >= 0.6 is 0 Å². The van der Waals surface area contributed by atoms with Crippen molar-refractivity contribution in [3.63, 3.8) is 0 Å². The van der Waals surface area contributed by atoms with E-state index in [1.165, 1.54) is 0 Å². The van der Waals surface area contributed by atoms with Gasteiger partial charge in [-0.3, -0.25) is 0 Å². The summed E-state index contributed by atoms with van der Waals surface area (Å²) < 4.78 is 1.94. The number of nitrogens with one attached hydrogen (secondary N) is 1. The molecule has 1 fully saturated rings. The standard InChI is InChI=1S/C18H24N4O2/c1-13(23)15-6-4-9-22(12-15)18(24)20-16-7-3-5-14(11-16)17-19-8-10-21(17)2/h3,5,7-8,10-11,13,15,23H,4,6,9,12H2,1-2H3,(H,20,24). The minimum Gasteiger partial charge on any atom is -0.393 e. The zero-order valence-corrected chi connectivity index (χ0v) is 14.1. The molecule has 24 heavy (non-hydrogen) atoms. The normalized spacial score (nSPS) is 19.1. The minimum atomic E-state index is -0.382. The number of carbonyl (C=O) groups excluding carboxylic acids is 1. The zero-order valence-electron chi connectivity index (χ0n) is 14.1. The van der Waals surface area contributed by atoms with Gasteiger partial charge in [0.25, 0.3) is 0 Å². The summed E-state index contributed by atoms with van der Waals surface area (Å²) in [6.07, 6.45) is 5.16. The highest BCUT2D eigenvalue weighted by molar-refractivity contribution is 5.90. The lowest BCUT2D eigenvalue weighted by Crippen LogP contribution is -2.44. The van der Waals surface area contributed by atoms with Crippen molar-refractivity contribution in [3.8, 4) is 11.4 Å². The monoisotopic (exact) mass is 328 g/mol. The van der Waals surface area contributed by atoms with Crippen molar-refractivity contribution in [1.29, 1.82) is 0 Å². The third kappa shape index (κ3) is 3.59. The lowest BCUT2D eigenvalue weighted by molar-refractivity contribution is 0.0766. The molecule has 1 aromatic heterocycles. The number of urea groups is 1. The van der Waals surface area contributed by atoms with Crippen molar-refractivity contribution < 1.29 is 9.90 Å². The fourth-order valence-corrected chi connectivity index (χ4v) is 3.17. The van der Waals surface area contributed by atoms with E-state index in [9.17, 15) is 9.90 Å². The van der Waals surface area contributed by atoms with E-state index in [0.717, 1.165) is 36.5 Å². The van der Waals surface area contributed by atoms with Crippen LogP contribution in [0.4, 0.5) is 10.5 Å². The average molecular weight is 328 g/mol.